The maximum Gasteiger partial charge on any atom is 0.0481 e. The number of hydrogen-bond donors (Lipinski definition) is 1. The van der Waals surface area contributed by atoms with E-state index in [1.807, 2.05) is 11.3 Å². The molecule has 0 aliphatic heterocycles. The van der Waals surface area contributed by atoms with Gasteiger partial charge in [-0.15, -0.1) is 11.3 Å². The summed E-state index contributed by atoms with van der Waals surface area (Å²) >= 11 is 1.87. The average molecular weight is 284 g/mol. The SMILES string of the molecule is Cc1ccc(C(C)NCc2cn(C)c3ccccc23)s1. The lowest BCUT2D eigenvalue weighted by Crippen LogP contribution is -2.16. The van der Waals surface area contributed by atoms with Gasteiger partial charge in [0.2, 0.25) is 0 Å². The first kappa shape index (κ1) is 13.4. The Bertz CT molecular complexity index is 724. The lowest BCUT2D eigenvalue weighted by molar-refractivity contribution is 0.584. The van der Waals surface area contributed by atoms with Crippen molar-refractivity contribution in [2.75, 3.05) is 0 Å². The van der Waals surface area contributed by atoms with E-state index < -0.39 is 0 Å². The van der Waals surface area contributed by atoms with Crippen molar-refractivity contribution < 1.29 is 0 Å². The highest BCUT2D eigenvalue weighted by Crippen LogP contribution is 2.24. The lowest BCUT2D eigenvalue weighted by atomic mass is 10.1. The molecule has 3 heteroatoms. The Morgan fingerprint density at radius 1 is 1.20 bits per heavy atom. The second kappa shape index (κ2) is 5.43. The first-order valence-electron chi connectivity index (χ1n) is 6.98. The first-order chi connectivity index (χ1) is 9.65. The number of fused-ring (bicyclic) bond motifs is 1. The Hall–Kier alpha value is -1.58. The topological polar surface area (TPSA) is 17.0 Å². The van der Waals surface area contributed by atoms with Gasteiger partial charge in [-0.25, -0.2) is 0 Å². The van der Waals surface area contributed by atoms with Gasteiger partial charge in [-0.05, 0) is 37.6 Å². The van der Waals surface area contributed by atoms with E-state index in [9.17, 15) is 0 Å². The molecule has 3 rings (SSSR count). The van der Waals surface area contributed by atoms with E-state index in [2.05, 4.69) is 73.4 Å². The number of rotatable bonds is 4. The molecule has 0 aliphatic carbocycles. The Kier molecular flexibility index (Phi) is 3.64. The Morgan fingerprint density at radius 3 is 2.75 bits per heavy atom. The minimum Gasteiger partial charge on any atom is -0.350 e. The van der Waals surface area contributed by atoms with Crippen molar-refractivity contribution in [3.63, 3.8) is 0 Å². The van der Waals surface area contributed by atoms with Crippen LogP contribution in [0.5, 0.6) is 0 Å². The summed E-state index contributed by atoms with van der Waals surface area (Å²) in [7, 11) is 2.11. The number of nitrogens with zero attached hydrogens (tertiary/aromatic N) is 1. The Morgan fingerprint density at radius 2 is 2.00 bits per heavy atom. The highest BCUT2D eigenvalue weighted by Gasteiger charge is 2.10. The molecule has 1 aromatic carbocycles. The Labute approximate surface area is 124 Å². The highest BCUT2D eigenvalue weighted by atomic mass is 32.1. The van der Waals surface area contributed by atoms with Gasteiger partial charge in [-0.1, -0.05) is 18.2 Å². The number of thiophene rings is 1. The highest BCUT2D eigenvalue weighted by molar-refractivity contribution is 7.12. The third-order valence-electron chi connectivity index (χ3n) is 3.77. The van der Waals surface area contributed by atoms with Gasteiger partial charge in [0.15, 0.2) is 0 Å². The molecule has 104 valence electrons. The largest absolute Gasteiger partial charge is 0.350 e. The van der Waals surface area contributed by atoms with Gasteiger partial charge in [0.25, 0.3) is 0 Å². The number of benzene rings is 1. The fourth-order valence-electron chi connectivity index (χ4n) is 2.62. The van der Waals surface area contributed by atoms with Crippen LogP contribution in [0.15, 0.2) is 42.6 Å². The molecule has 0 saturated carbocycles. The van der Waals surface area contributed by atoms with Crippen molar-refractivity contribution in [1.82, 2.24) is 9.88 Å². The molecule has 0 saturated heterocycles. The van der Waals surface area contributed by atoms with Crippen LogP contribution in [-0.2, 0) is 13.6 Å². The molecule has 2 aromatic heterocycles. The van der Waals surface area contributed by atoms with Gasteiger partial charge >= 0.3 is 0 Å². The molecule has 2 heterocycles. The van der Waals surface area contributed by atoms with Gasteiger partial charge < -0.3 is 9.88 Å². The fourth-order valence-corrected chi connectivity index (χ4v) is 3.52. The van der Waals surface area contributed by atoms with Crippen LogP contribution >= 0.6 is 11.3 Å². The molecule has 0 bridgehead atoms. The molecule has 0 fully saturated rings. The predicted molar refractivity (Wildman–Crippen MR) is 87.2 cm³/mol. The van der Waals surface area contributed by atoms with Crippen LogP contribution in [0.3, 0.4) is 0 Å². The Balaban J connectivity index is 1.77. The summed E-state index contributed by atoms with van der Waals surface area (Å²) in [6.07, 6.45) is 2.23. The van der Waals surface area contributed by atoms with E-state index in [1.165, 1.54) is 26.2 Å². The zero-order chi connectivity index (χ0) is 14.1. The minimum atomic E-state index is 0.396. The van der Waals surface area contributed by atoms with Crippen molar-refractivity contribution in [1.29, 1.82) is 0 Å². The molecule has 0 radical (unpaired) electrons. The standard InChI is InChI=1S/C17H20N2S/c1-12-8-9-17(20-12)13(2)18-10-14-11-19(3)16-7-5-4-6-15(14)16/h4-9,11,13,18H,10H2,1-3H3. The van der Waals surface area contributed by atoms with Crippen LogP contribution in [0, 0.1) is 6.92 Å². The maximum absolute atomic E-state index is 3.63. The second-order valence-electron chi connectivity index (χ2n) is 5.33. The van der Waals surface area contributed by atoms with Crippen LogP contribution in [0.25, 0.3) is 10.9 Å². The molecular weight excluding hydrogens is 264 g/mol. The molecule has 1 N–H and O–H groups in total. The number of para-hydroxylation sites is 1. The van der Waals surface area contributed by atoms with Crippen LogP contribution in [0.4, 0.5) is 0 Å². The zero-order valence-electron chi connectivity index (χ0n) is 12.2. The van der Waals surface area contributed by atoms with Gasteiger partial charge in [-0.3, -0.25) is 0 Å². The summed E-state index contributed by atoms with van der Waals surface area (Å²) in [5, 5.41) is 4.98. The molecule has 2 nitrogen and oxygen atoms in total. The molecule has 1 atom stereocenters. The quantitative estimate of drug-likeness (QED) is 0.751. The number of nitrogens with one attached hydrogen (secondary N) is 1. The molecule has 0 aliphatic rings. The number of aryl methyl sites for hydroxylation is 2. The van der Waals surface area contributed by atoms with Gasteiger partial charge in [0.05, 0.1) is 0 Å². The van der Waals surface area contributed by atoms with Crippen molar-refractivity contribution in [3.05, 3.63) is 57.9 Å². The van der Waals surface area contributed by atoms with E-state index in [1.54, 1.807) is 0 Å². The van der Waals surface area contributed by atoms with E-state index in [-0.39, 0.29) is 0 Å². The summed E-state index contributed by atoms with van der Waals surface area (Å²) in [6.45, 7) is 5.29. The van der Waals surface area contributed by atoms with Crippen LogP contribution in [0.1, 0.15) is 28.3 Å². The zero-order valence-corrected chi connectivity index (χ0v) is 13.0. The summed E-state index contributed by atoms with van der Waals surface area (Å²) in [5.74, 6) is 0. The maximum atomic E-state index is 3.63. The first-order valence-corrected chi connectivity index (χ1v) is 7.79. The van der Waals surface area contributed by atoms with Crippen molar-refractivity contribution in [3.8, 4) is 0 Å². The molecule has 1 unspecified atom stereocenters. The van der Waals surface area contributed by atoms with Crippen LogP contribution < -0.4 is 5.32 Å². The fraction of sp³-hybridized carbons (Fsp3) is 0.294. The van der Waals surface area contributed by atoms with Gasteiger partial charge in [0.1, 0.15) is 0 Å². The van der Waals surface area contributed by atoms with E-state index in [4.69, 9.17) is 0 Å². The minimum absolute atomic E-state index is 0.396. The molecule has 0 amide bonds. The summed E-state index contributed by atoms with van der Waals surface area (Å²) < 4.78 is 2.20. The summed E-state index contributed by atoms with van der Waals surface area (Å²) in [4.78, 5) is 2.78. The summed E-state index contributed by atoms with van der Waals surface area (Å²) in [5.41, 5.74) is 2.66. The molecule has 20 heavy (non-hydrogen) atoms. The number of hydrogen-bond acceptors (Lipinski definition) is 2. The van der Waals surface area contributed by atoms with Crippen molar-refractivity contribution >= 4 is 22.2 Å². The molecule has 0 spiro atoms. The smallest absolute Gasteiger partial charge is 0.0481 e. The third kappa shape index (κ3) is 2.51. The van der Waals surface area contributed by atoms with Crippen LogP contribution in [0.2, 0.25) is 0 Å². The predicted octanol–water partition coefficient (Wildman–Crippen LogP) is 4.40. The third-order valence-corrected chi connectivity index (χ3v) is 4.95. The van der Waals surface area contributed by atoms with Crippen LogP contribution in [-0.4, -0.2) is 4.57 Å². The van der Waals surface area contributed by atoms with Crippen molar-refractivity contribution in [2.45, 2.75) is 26.4 Å². The second-order valence-corrected chi connectivity index (χ2v) is 6.65. The van der Waals surface area contributed by atoms with Crippen molar-refractivity contribution in [2.24, 2.45) is 7.05 Å². The van der Waals surface area contributed by atoms with Gasteiger partial charge in [-0.2, -0.15) is 0 Å². The van der Waals surface area contributed by atoms with E-state index in [0.29, 0.717) is 6.04 Å². The number of aromatic nitrogens is 1. The average Bonchev–Trinajstić information content (AvgIpc) is 3.01. The monoisotopic (exact) mass is 284 g/mol. The molecular formula is C17H20N2S. The molecule has 3 aromatic rings. The normalized spacial score (nSPS) is 12.9. The lowest BCUT2D eigenvalue weighted by Gasteiger charge is -2.11. The summed E-state index contributed by atoms with van der Waals surface area (Å²) in [6, 6.07) is 13.4. The van der Waals surface area contributed by atoms with E-state index >= 15 is 0 Å². The van der Waals surface area contributed by atoms with E-state index in [0.717, 1.165) is 6.54 Å². The van der Waals surface area contributed by atoms with Gasteiger partial charge in [0, 0.05) is 46.5 Å².